The number of benzene rings is 1. The van der Waals surface area contributed by atoms with Crippen molar-refractivity contribution in [2.24, 2.45) is 5.92 Å². The van der Waals surface area contributed by atoms with Crippen molar-refractivity contribution in [1.82, 2.24) is 10.6 Å². The Morgan fingerprint density at radius 2 is 2.04 bits per heavy atom. The summed E-state index contributed by atoms with van der Waals surface area (Å²) in [5, 5.41) is 6.37. The number of amides is 1. The maximum Gasteiger partial charge on any atom is 0.237 e. The van der Waals surface area contributed by atoms with Crippen LogP contribution in [-0.2, 0) is 9.53 Å². The van der Waals surface area contributed by atoms with Crippen LogP contribution < -0.4 is 10.6 Å². The van der Waals surface area contributed by atoms with Gasteiger partial charge in [-0.25, -0.2) is 0 Å². The van der Waals surface area contributed by atoms with Gasteiger partial charge < -0.3 is 15.4 Å². The lowest BCUT2D eigenvalue weighted by atomic mass is 9.89. The molecular weight excluding hydrogens is 312 g/mol. The maximum absolute atomic E-state index is 12.2. The Balaban J connectivity index is 0.00000192. The lowest BCUT2D eigenvalue weighted by Crippen LogP contribution is -2.43. The van der Waals surface area contributed by atoms with Crippen molar-refractivity contribution in [3.05, 3.63) is 35.4 Å². The molecule has 0 aromatic heterocycles. The lowest BCUT2D eigenvalue weighted by Gasteiger charge is -2.32. The minimum atomic E-state index is 0. The summed E-state index contributed by atoms with van der Waals surface area (Å²) < 4.78 is 6.01. The quantitative estimate of drug-likeness (QED) is 0.887. The van der Waals surface area contributed by atoms with Crippen LogP contribution in [0.25, 0.3) is 0 Å². The number of rotatable bonds is 4. The molecule has 0 saturated carbocycles. The Morgan fingerprint density at radius 1 is 1.26 bits per heavy atom. The van der Waals surface area contributed by atoms with Gasteiger partial charge in [0.05, 0.1) is 12.1 Å². The largest absolute Gasteiger partial charge is 0.373 e. The van der Waals surface area contributed by atoms with Gasteiger partial charge in [0.2, 0.25) is 5.91 Å². The molecule has 2 saturated heterocycles. The third-order valence-corrected chi connectivity index (χ3v) is 4.77. The molecule has 0 aliphatic carbocycles. The summed E-state index contributed by atoms with van der Waals surface area (Å²) in [6.45, 7) is 4.57. The number of nitrogens with one attached hydrogen (secondary N) is 2. The normalized spacial score (nSPS) is 27.3. The summed E-state index contributed by atoms with van der Waals surface area (Å²) in [4.78, 5) is 12.2. The number of hydrogen-bond donors (Lipinski definition) is 2. The first-order valence-electron chi connectivity index (χ1n) is 8.43. The van der Waals surface area contributed by atoms with Crippen LogP contribution in [0.15, 0.2) is 24.3 Å². The summed E-state index contributed by atoms with van der Waals surface area (Å²) in [6.07, 6.45) is 4.33. The van der Waals surface area contributed by atoms with Crippen molar-refractivity contribution < 1.29 is 9.53 Å². The third-order valence-electron chi connectivity index (χ3n) is 4.77. The molecule has 1 amide bonds. The van der Waals surface area contributed by atoms with E-state index < -0.39 is 0 Å². The minimum absolute atomic E-state index is 0. The molecule has 2 N–H and O–H groups in total. The van der Waals surface area contributed by atoms with E-state index in [1.807, 2.05) is 0 Å². The molecule has 0 spiro atoms. The molecule has 3 unspecified atom stereocenters. The van der Waals surface area contributed by atoms with Crippen LogP contribution in [0.2, 0.25) is 0 Å². The van der Waals surface area contributed by atoms with Crippen LogP contribution in [0.4, 0.5) is 0 Å². The van der Waals surface area contributed by atoms with Gasteiger partial charge in [0.25, 0.3) is 0 Å². The van der Waals surface area contributed by atoms with E-state index in [1.165, 1.54) is 11.1 Å². The second kappa shape index (κ2) is 8.67. The highest BCUT2D eigenvalue weighted by molar-refractivity contribution is 5.85. The predicted octanol–water partition coefficient (Wildman–Crippen LogP) is 2.75. The summed E-state index contributed by atoms with van der Waals surface area (Å²) in [5.41, 5.74) is 2.49. The zero-order valence-electron chi connectivity index (χ0n) is 13.7. The number of hydrogen-bond acceptors (Lipinski definition) is 3. The van der Waals surface area contributed by atoms with E-state index in [9.17, 15) is 4.79 Å². The fourth-order valence-electron chi connectivity index (χ4n) is 3.44. The van der Waals surface area contributed by atoms with E-state index in [1.54, 1.807) is 0 Å². The average Bonchev–Trinajstić information content (AvgIpc) is 3.08. The second-order valence-corrected chi connectivity index (χ2v) is 6.50. The first-order valence-corrected chi connectivity index (χ1v) is 8.43. The predicted molar refractivity (Wildman–Crippen MR) is 93.9 cm³/mol. The van der Waals surface area contributed by atoms with Crippen LogP contribution in [0, 0.1) is 12.8 Å². The van der Waals surface area contributed by atoms with Crippen molar-refractivity contribution in [3.63, 3.8) is 0 Å². The Bertz CT molecular complexity index is 500. The van der Waals surface area contributed by atoms with E-state index in [-0.39, 0.29) is 30.5 Å². The molecular formula is C18H27ClN2O2. The monoisotopic (exact) mass is 338 g/mol. The Labute approximate surface area is 144 Å². The second-order valence-electron chi connectivity index (χ2n) is 6.50. The van der Waals surface area contributed by atoms with Gasteiger partial charge in [0.15, 0.2) is 0 Å². The minimum Gasteiger partial charge on any atom is -0.373 e. The van der Waals surface area contributed by atoms with Gasteiger partial charge in [0, 0.05) is 19.1 Å². The van der Waals surface area contributed by atoms with Crippen LogP contribution >= 0.6 is 12.4 Å². The SMILES string of the molecule is Cc1ccc(C2OCCCC2CNC(=O)C2CCCN2)cc1.Cl. The molecule has 2 aliphatic heterocycles. The summed E-state index contributed by atoms with van der Waals surface area (Å²) in [5.74, 6) is 0.507. The number of carbonyl (C=O) groups is 1. The molecule has 1 aromatic carbocycles. The molecule has 2 heterocycles. The van der Waals surface area contributed by atoms with E-state index in [4.69, 9.17) is 4.74 Å². The Kier molecular flexibility index (Phi) is 6.88. The zero-order chi connectivity index (χ0) is 15.4. The summed E-state index contributed by atoms with van der Waals surface area (Å²) in [6, 6.07) is 8.57. The summed E-state index contributed by atoms with van der Waals surface area (Å²) >= 11 is 0. The van der Waals surface area contributed by atoms with Gasteiger partial charge in [-0.05, 0) is 44.7 Å². The van der Waals surface area contributed by atoms with Gasteiger partial charge in [-0.2, -0.15) is 0 Å². The zero-order valence-corrected chi connectivity index (χ0v) is 14.5. The van der Waals surface area contributed by atoms with Crippen LogP contribution in [0.1, 0.15) is 42.9 Å². The number of ether oxygens (including phenoxy) is 1. The van der Waals surface area contributed by atoms with Crippen molar-refractivity contribution in [3.8, 4) is 0 Å². The first kappa shape index (κ1) is 18.2. The number of aryl methyl sites for hydroxylation is 1. The van der Waals surface area contributed by atoms with E-state index in [0.717, 1.165) is 38.8 Å². The van der Waals surface area contributed by atoms with Crippen LogP contribution in [-0.4, -0.2) is 31.6 Å². The lowest BCUT2D eigenvalue weighted by molar-refractivity contribution is -0.123. The Morgan fingerprint density at radius 3 is 2.74 bits per heavy atom. The van der Waals surface area contributed by atoms with Gasteiger partial charge in [-0.1, -0.05) is 29.8 Å². The summed E-state index contributed by atoms with van der Waals surface area (Å²) in [7, 11) is 0. The molecule has 2 fully saturated rings. The molecule has 1 aromatic rings. The number of carbonyl (C=O) groups excluding carboxylic acids is 1. The molecule has 2 aliphatic rings. The fraction of sp³-hybridized carbons (Fsp3) is 0.611. The number of halogens is 1. The molecule has 4 nitrogen and oxygen atoms in total. The molecule has 0 radical (unpaired) electrons. The molecule has 3 rings (SSSR count). The Hall–Kier alpha value is -1.10. The van der Waals surface area contributed by atoms with Crippen molar-refractivity contribution >= 4 is 18.3 Å². The van der Waals surface area contributed by atoms with E-state index in [2.05, 4.69) is 41.8 Å². The van der Waals surface area contributed by atoms with Crippen molar-refractivity contribution in [2.45, 2.75) is 44.8 Å². The van der Waals surface area contributed by atoms with Gasteiger partial charge in [-0.3, -0.25) is 4.79 Å². The third kappa shape index (κ3) is 4.69. The highest BCUT2D eigenvalue weighted by atomic mass is 35.5. The topological polar surface area (TPSA) is 50.4 Å². The molecule has 23 heavy (non-hydrogen) atoms. The van der Waals surface area contributed by atoms with Gasteiger partial charge in [-0.15, -0.1) is 12.4 Å². The highest BCUT2D eigenvalue weighted by Gasteiger charge is 2.29. The van der Waals surface area contributed by atoms with Crippen molar-refractivity contribution in [2.75, 3.05) is 19.7 Å². The van der Waals surface area contributed by atoms with Crippen LogP contribution in [0.5, 0.6) is 0 Å². The van der Waals surface area contributed by atoms with Crippen molar-refractivity contribution in [1.29, 1.82) is 0 Å². The van der Waals surface area contributed by atoms with Gasteiger partial charge in [0.1, 0.15) is 0 Å². The highest BCUT2D eigenvalue weighted by Crippen LogP contribution is 2.33. The molecule has 5 heteroatoms. The average molecular weight is 339 g/mol. The first-order chi connectivity index (χ1) is 10.7. The fourth-order valence-corrected chi connectivity index (χ4v) is 3.44. The molecule has 3 atom stereocenters. The molecule has 128 valence electrons. The van der Waals surface area contributed by atoms with E-state index in [0.29, 0.717) is 12.5 Å². The van der Waals surface area contributed by atoms with E-state index >= 15 is 0 Å². The maximum atomic E-state index is 12.2. The van der Waals surface area contributed by atoms with Gasteiger partial charge >= 0.3 is 0 Å². The standard InChI is InChI=1S/C18H26N2O2.ClH/c1-13-6-8-14(9-7-13)17-15(4-3-11-22-17)12-20-18(21)16-5-2-10-19-16;/h6-9,15-17,19H,2-5,10-12H2,1H3,(H,20,21);1H. The molecule has 0 bridgehead atoms. The van der Waals surface area contributed by atoms with Crippen LogP contribution in [0.3, 0.4) is 0 Å². The smallest absolute Gasteiger partial charge is 0.237 e.